The summed E-state index contributed by atoms with van der Waals surface area (Å²) in [5.74, 6) is 4.38. The molecule has 7 rings (SSSR count). The Kier molecular flexibility index (Phi) is 4.68. The fourth-order valence-corrected chi connectivity index (χ4v) is 10.1. The van der Waals surface area contributed by atoms with Crippen LogP contribution in [0.25, 0.3) is 0 Å². The van der Waals surface area contributed by atoms with Crippen LogP contribution in [-0.4, -0.2) is 22.4 Å². The molecule has 11 atom stereocenters. The lowest BCUT2D eigenvalue weighted by molar-refractivity contribution is -0.455. The van der Waals surface area contributed by atoms with Crippen LogP contribution in [0.1, 0.15) is 93.4 Å². The molecule has 4 fully saturated rings. The molecule has 3 saturated carbocycles. The average Bonchev–Trinajstić information content (AvgIpc) is 3.33. The van der Waals surface area contributed by atoms with E-state index in [9.17, 15) is 5.11 Å². The summed E-state index contributed by atoms with van der Waals surface area (Å²) >= 11 is 0. The van der Waals surface area contributed by atoms with E-state index in [0.29, 0.717) is 17.8 Å². The third kappa shape index (κ3) is 2.63. The summed E-state index contributed by atoms with van der Waals surface area (Å²) in [6.45, 7) is 17.4. The van der Waals surface area contributed by atoms with Gasteiger partial charge in [0.2, 0.25) is 0 Å². The topological polar surface area (TPSA) is 38.7 Å². The van der Waals surface area contributed by atoms with Gasteiger partial charge < -0.3 is 5.11 Å². The number of hydrogen-bond donors (Lipinski definition) is 1. The van der Waals surface area contributed by atoms with Gasteiger partial charge in [-0.05, 0) is 96.7 Å². The second kappa shape index (κ2) is 6.77. The van der Waals surface area contributed by atoms with Gasteiger partial charge in [0.05, 0.1) is 6.10 Å². The molecular formula is C30H46O3. The van der Waals surface area contributed by atoms with Gasteiger partial charge in [0, 0.05) is 17.8 Å². The van der Waals surface area contributed by atoms with Crippen LogP contribution < -0.4 is 0 Å². The Hall–Kier alpha value is -0.640. The van der Waals surface area contributed by atoms with Crippen molar-refractivity contribution in [2.45, 2.75) is 111 Å². The first-order valence-electron chi connectivity index (χ1n) is 13.9. The zero-order valence-corrected chi connectivity index (χ0v) is 22.0. The van der Waals surface area contributed by atoms with Gasteiger partial charge in [-0.1, -0.05) is 54.5 Å². The molecule has 5 aliphatic carbocycles. The number of aliphatic hydroxyl groups is 1. The van der Waals surface area contributed by atoms with Gasteiger partial charge in [0.25, 0.3) is 0 Å². The Balaban J connectivity index is 1.33. The molecule has 0 aromatic carbocycles. The van der Waals surface area contributed by atoms with Crippen molar-refractivity contribution in [3.05, 3.63) is 23.8 Å². The maximum absolute atomic E-state index is 10.4. The Labute approximate surface area is 201 Å². The molecule has 2 aliphatic heterocycles. The Morgan fingerprint density at radius 2 is 1.70 bits per heavy atom. The van der Waals surface area contributed by atoms with E-state index in [1.165, 1.54) is 31.3 Å². The highest BCUT2D eigenvalue weighted by molar-refractivity contribution is 5.48. The van der Waals surface area contributed by atoms with Gasteiger partial charge in [0.1, 0.15) is 11.2 Å². The van der Waals surface area contributed by atoms with Crippen molar-refractivity contribution < 1.29 is 14.9 Å². The van der Waals surface area contributed by atoms with E-state index in [1.54, 1.807) is 0 Å². The van der Waals surface area contributed by atoms with Gasteiger partial charge in [0.15, 0.2) is 0 Å². The molecule has 2 heterocycles. The van der Waals surface area contributed by atoms with Gasteiger partial charge in [-0.3, -0.25) is 0 Å². The molecule has 33 heavy (non-hydrogen) atoms. The third-order valence-corrected chi connectivity index (χ3v) is 12.7. The zero-order valence-electron chi connectivity index (χ0n) is 22.0. The van der Waals surface area contributed by atoms with Crippen LogP contribution in [0.3, 0.4) is 0 Å². The molecule has 0 radical (unpaired) electrons. The van der Waals surface area contributed by atoms with Gasteiger partial charge in [-0.2, -0.15) is 0 Å². The van der Waals surface area contributed by atoms with Crippen molar-refractivity contribution in [2.24, 2.45) is 51.8 Å². The molecule has 3 nitrogen and oxygen atoms in total. The van der Waals surface area contributed by atoms with E-state index in [2.05, 4.69) is 66.7 Å². The first-order chi connectivity index (χ1) is 15.4. The summed E-state index contributed by atoms with van der Waals surface area (Å²) in [5.41, 5.74) is 1.27. The Morgan fingerprint density at radius 1 is 0.939 bits per heavy atom. The van der Waals surface area contributed by atoms with E-state index in [-0.39, 0.29) is 16.9 Å². The summed E-state index contributed by atoms with van der Waals surface area (Å²) < 4.78 is 0. The average molecular weight is 455 g/mol. The Morgan fingerprint density at radius 3 is 2.36 bits per heavy atom. The predicted molar refractivity (Wildman–Crippen MR) is 131 cm³/mol. The zero-order chi connectivity index (χ0) is 23.6. The lowest BCUT2D eigenvalue weighted by Gasteiger charge is -2.66. The minimum atomic E-state index is -0.500. The summed E-state index contributed by atoms with van der Waals surface area (Å²) in [6.07, 6.45) is 14.5. The van der Waals surface area contributed by atoms with Crippen LogP contribution in [-0.2, 0) is 9.78 Å². The first-order valence-corrected chi connectivity index (χ1v) is 13.9. The van der Waals surface area contributed by atoms with Crippen molar-refractivity contribution in [1.82, 2.24) is 0 Å². The first kappa shape index (κ1) is 22.8. The molecular weight excluding hydrogens is 408 g/mol. The number of fused-ring (bicyclic) bond motifs is 2. The SMILES string of the molecule is CC(C)[C@@H](C)[C@@]1(C)C[C@@H]1[C@@H](C)[C@H]1CC[C@@H]2[C@]1(C)CC=C1[C@]23C=C[C@]2(C[C@@H](O)CC[C@]12C)OO3. The Bertz CT molecular complexity index is 906. The van der Waals surface area contributed by atoms with Crippen LogP contribution in [0.4, 0.5) is 0 Å². The lowest BCUT2D eigenvalue weighted by atomic mass is 9.46. The van der Waals surface area contributed by atoms with Crippen LogP contribution >= 0.6 is 0 Å². The van der Waals surface area contributed by atoms with E-state index >= 15 is 0 Å². The minimum absolute atomic E-state index is 0.0635. The standard InChI is InChI=1S/C30H46O3/c1-18(2)20(4)27(6)17-23(27)19(3)22-8-9-24-26(22,5)12-11-25-28(7)13-10-21(31)16-29(28)14-15-30(24,25)33-32-29/h11,14-15,18-24,31H,8-10,12-13,16-17H2,1-7H3/t19-,20+,21-,22+,23+,24+,26+,27+,28+,29+,30-/m0/s1. The second-order valence-corrected chi connectivity index (χ2v) is 14.2. The summed E-state index contributed by atoms with van der Waals surface area (Å²) in [6, 6.07) is 0. The van der Waals surface area contributed by atoms with Gasteiger partial charge >= 0.3 is 0 Å². The molecule has 2 spiro atoms. The molecule has 7 aliphatic rings. The highest BCUT2D eigenvalue weighted by Gasteiger charge is 2.72. The highest BCUT2D eigenvalue weighted by atomic mass is 17.2. The quantitative estimate of drug-likeness (QED) is 0.372. The van der Waals surface area contributed by atoms with E-state index in [4.69, 9.17) is 9.78 Å². The minimum Gasteiger partial charge on any atom is -0.393 e. The van der Waals surface area contributed by atoms with Crippen molar-refractivity contribution in [3.63, 3.8) is 0 Å². The molecule has 3 heteroatoms. The molecule has 184 valence electrons. The van der Waals surface area contributed by atoms with E-state index in [1.807, 2.05) is 0 Å². The van der Waals surface area contributed by atoms with Crippen molar-refractivity contribution in [1.29, 1.82) is 0 Å². The monoisotopic (exact) mass is 454 g/mol. The lowest BCUT2D eigenvalue weighted by Crippen LogP contribution is -2.69. The molecule has 1 saturated heterocycles. The van der Waals surface area contributed by atoms with Gasteiger partial charge in [-0.15, -0.1) is 0 Å². The van der Waals surface area contributed by atoms with Crippen LogP contribution in [0.15, 0.2) is 23.8 Å². The van der Waals surface area contributed by atoms with E-state index in [0.717, 1.165) is 42.4 Å². The van der Waals surface area contributed by atoms with Crippen LogP contribution in [0.5, 0.6) is 0 Å². The molecule has 0 unspecified atom stereocenters. The maximum atomic E-state index is 10.4. The molecule has 0 amide bonds. The molecule has 2 bridgehead atoms. The van der Waals surface area contributed by atoms with Crippen molar-refractivity contribution in [3.8, 4) is 0 Å². The predicted octanol–water partition coefficient (Wildman–Crippen LogP) is 6.86. The molecule has 0 aromatic heterocycles. The normalized spacial score (nSPS) is 56.1. The fourth-order valence-electron chi connectivity index (χ4n) is 10.1. The highest BCUT2D eigenvalue weighted by Crippen LogP contribution is 2.73. The van der Waals surface area contributed by atoms with Crippen molar-refractivity contribution in [2.75, 3.05) is 0 Å². The second-order valence-electron chi connectivity index (χ2n) is 14.2. The van der Waals surface area contributed by atoms with Gasteiger partial charge in [-0.25, -0.2) is 9.78 Å². The molecule has 0 aromatic rings. The van der Waals surface area contributed by atoms with E-state index < -0.39 is 11.2 Å². The number of aliphatic hydroxyl groups excluding tert-OH is 1. The number of rotatable bonds is 4. The summed E-state index contributed by atoms with van der Waals surface area (Å²) in [5, 5.41) is 10.4. The maximum Gasteiger partial charge on any atom is 0.147 e. The molecule has 1 N–H and O–H groups in total. The van der Waals surface area contributed by atoms with Crippen LogP contribution in [0, 0.1) is 51.8 Å². The smallest absolute Gasteiger partial charge is 0.147 e. The summed E-state index contributed by atoms with van der Waals surface area (Å²) in [4.78, 5) is 12.8. The number of hydrogen-bond acceptors (Lipinski definition) is 3. The summed E-state index contributed by atoms with van der Waals surface area (Å²) in [7, 11) is 0. The fraction of sp³-hybridized carbons (Fsp3) is 0.867. The van der Waals surface area contributed by atoms with Crippen LogP contribution in [0.2, 0.25) is 0 Å². The largest absolute Gasteiger partial charge is 0.393 e. The third-order valence-electron chi connectivity index (χ3n) is 12.7. The van der Waals surface area contributed by atoms with Crippen molar-refractivity contribution >= 4 is 0 Å². The number of allylic oxidation sites excluding steroid dienone is 1.